The number of amides is 1. The van der Waals surface area contributed by atoms with Crippen LogP contribution in [0.3, 0.4) is 0 Å². The van der Waals surface area contributed by atoms with Crippen molar-refractivity contribution in [3.63, 3.8) is 0 Å². The van der Waals surface area contributed by atoms with Gasteiger partial charge in [0.25, 0.3) is 5.91 Å². The highest BCUT2D eigenvalue weighted by Gasteiger charge is 2.16. The molecule has 0 bridgehead atoms. The van der Waals surface area contributed by atoms with Gasteiger partial charge < -0.3 is 11.1 Å². The van der Waals surface area contributed by atoms with Gasteiger partial charge in [-0.3, -0.25) is 9.48 Å². The molecular weight excluding hydrogens is 278 g/mol. The molecule has 0 aliphatic rings. The highest BCUT2D eigenvalue weighted by molar-refractivity contribution is 6.03. The Morgan fingerprint density at radius 3 is 2.62 bits per heavy atom. The maximum absolute atomic E-state index is 13.6. The summed E-state index contributed by atoms with van der Waals surface area (Å²) in [5.74, 6) is -2.26. The van der Waals surface area contributed by atoms with E-state index in [1.54, 1.807) is 6.07 Å². The fourth-order valence-electron chi connectivity index (χ4n) is 1.91. The van der Waals surface area contributed by atoms with E-state index in [0.717, 1.165) is 11.8 Å². The minimum absolute atomic E-state index is 0.166. The number of nitrogens with one attached hydrogen (secondary N) is 1. The monoisotopic (exact) mass is 294 g/mol. The van der Waals surface area contributed by atoms with E-state index in [2.05, 4.69) is 10.4 Å². The summed E-state index contributed by atoms with van der Waals surface area (Å²) in [6.45, 7) is 4.28. The molecule has 3 N–H and O–H groups in total. The third-order valence-electron chi connectivity index (χ3n) is 3.06. The van der Waals surface area contributed by atoms with Crippen LogP contribution in [0.15, 0.2) is 18.2 Å². The Morgan fingerprint density at radius 2 is 2.00 bits per heavy atom. The first-order valence-corrected chi connectivity index (χ1v) is 6.58. The zero-order chi connectivity index (χ0) is 15.6. The second kappa shape index (κ2) is 5.90. The van der Waals surface area contributed by atoms with Crippen LogP contribution in [0.2, 0.25) is 0 Å². The van der Waals surface area contributed by atoms with Crippen LogP contribution in [-0.4, -0.2) is 15.7 Å². The van der Waals surface area contributed by atoms with Crippen molar-refractivity contribution in [3.05, 3.63) is 41.2 Å². The molecule has 112 valence electrons. The van der Waals surface area contributed by atoms with Crippen LogP contribution in [0.1, 0.15) is 30.0 Å². The van der Waals surface area contributed by atoms with Gasteiger partial charge in [-0.25, -0.2) is 8.78 Å². The maximum atomic E-state index is 13.6. The number of aryl methyl sites for hydroxylation is 2. The van der Waals surface area contributed by atoms with Crippen LogP contribution >= 0.6 is 0 Å². The summed E-state index contributed by atoms with van der Waals surface area (Å²) in [5.41, 5.74) is 6.06. The van der Waals surface area contributed by atoms with E-state index in [-0.39, 0.29) is 11.4 Å². The number of anilines is 2. The van der Waals surface area contributed by atoms with Crippen molar-refractivity contribution in [2.24, 2.45) is 0 Å². The predicted molar refractivity (Wildman–Crippen MR) is 76.0 cm³/mol. The lowest BCUT2D eigenvalue weighted by Gasteiger charge is -2.08. The van der Waals surface area contributed by atoms with Crippen LogP contribution in [0.5, 0.6) is 0 Å². The van der Waals surface area contributed by atoms with Crippen molar-refractivity contribution in [2.75, 3.05) is 11.1 Å². The average molecular weight is 294 g/mol. The molecule has 1 aromatic carbocycles. The van der Waals surface area contributed by atoms with E-state index in [4.69, 9.17) is 5.73 Å². The number of aromatic nitrogens is 2. The molecule has 7 heteroatoms. The second-order valence-corrected chi connectivity index (χ2v) is 4.50. The largest absolute Gasteiger partial charge is 0.396 e. The van der Waals surface area contributed by atoms with Crippen LogP contribution in [0.25, 0.3) is 0 Å². The van der Waals surface area contributed by atoms with Gasteiger partial charge in [0, 0.05) is 12.6 Å². The Bertz CT molecular complexity index is 682. The number of hydrogen-bond acceptors (Lipinski definition) is 3. The molecule has 0 unspecified atom stereocenters. The van der Waals surface area contributed by atoms with Gasteiger partial charge in [-0.1, -0.05) is 6.92 Å². The van der Waals surface area contributed by atoms with E-state index < -0.39 is 17.5 Å². The van der Waals surface area contributed by atoms with E-state index in [9.17, 15) is 13.6 Å². The Morgan fingerprint density at radius 1 is 1.29 bits per heavy atom. The lowest BCUT2D eigenvalue weighted by atomic mass is 10.2. The van der Waals surface area contributed by atoms with Gasteiger partial charge in [-0.2, -0.15) is 5.10 Å². The molecule has 5 nitrogen and oxygen atoms in total. The van der Waals surface area contributed by atoms with Crippen molar-refractivity contribution in [1.29, 1.82) is 0 Å². The van der Waals surface area contributed by atoms with Crippen molar-refractivity contribution in [1.82, 2.24) is 9.78 Å². The lowest BCUT2D eigenvalue weighted by molar-refractivity contribution is 0.101. The predicted octanol–water partition coefficient (Wildman–Crippen LogP) is 2.58. The maximum Gasteiger partial charge on any atom is 0.274 e. The lowest BCUT2D eigenvalue weighted by Crippen LogP contribution is -2.18. The minimum atomic E-state index is -0.881. The van der Waals surface area contributed by atoms with Gasteiger partial charge in [0.2, 0.25) is 0 Å². The zero-order valence-corrected chi connectivity index (χ0v) is 11.8. The van der Waals surface area contributed by atoms with E-state index in [1.807, 2.05) is 13.8 Å². The number of nitrogens with two attached hydrogens (primary N) is 1. The minimum Gasteiger partial charge on any atom is -0.396 e. The molecule has 1 amide bonds. The molecule has 21 heavy (non-hydrogen) atoms. The standard InChI is InChI=1S/C14H16F2N4O/c1-3-8-5-13(20(4-2)19-8)14(21)18-12-7-11(17)9(15)6-10(12)16/h5-7H,3-4,17H2,1-2H3,(H,18,21). The quantitative estimate of drug-likeness (QED) is 0.851. The van der Waals surface area contributed by atoms with Gasteiger partial charge in [0.1, 0.15) is 17.3 Å². The molecule has 0 atom stereocenters. The number of carbonyl (C=O) groups excluding carboxylic acids is 1. The number of benzene rings is 1. The summed E-state index contributed by atoms with van der Waals surface area (Å²) < 4.78 is 28.3. The fourth-order valence-corrected chi connectivity index (χ4v) is 1.91. The van der Waals surface area contributed by atoms with Gasteiger partial charge in [-0.15, -0.1) is 0 Å². The molecule has 0 aliphatic heterocycles. The first-order valence-electron chi connectivity index (χ1n) is 6.58. The van der Waals surface area contributed by atoms with Crippen LogP contribution in [-0.2, 0) is 13.0 Å². The average Bonchev–Trinajstić information content (AvgIpc) is 2.88. The summed E-state index contributed by atoms with van der Waals surface area (Å²) in [5, 5.41) is 6.63. The molecule has 1 heterocycles. The Labute approximate surface area is 120 Å². The molecule has 1 aromatic heterocycles. The third-order valence-corrected chi connectivity index (χ3v) is 3.06. The van der Waals surface area contributed by atoms with Crippen molar-refractivity contribution < 1.29 is 13.6 Å². The molecule has 0 aliphatic carbocycles. The molecule has 2 aromatic rings. The van der Waals surface area contributed by atoms with Crippen molar-refractivity contribution in [3.8, 4) is 0 Å². The molecule has 0 spiro atoms. The van der Waals surface area contributed by atoms with Crippen molar-refractivity contribution >= 4 is 17.3 Å². The Kier molecular flexibility index (Phi) is 4.21. The summed E-state index contributed by atoms with van der Waals surface area (Å²) in [4.78, 5) is 12.2. The number of nitrogen functional groups attached to an aromatic ring is 1. The Balaban J connectivity index is 2.30. The molecule has 0 saturated carbocycles. The molecule has 0 fully saturated rings. The van der Waals surface area contributed by atoms with Gasteiger partial charge in [0.05, 0.1) is 17.1 Å². The zero-order valence-electron chi connectivity index (χ0n) is 11.8. The van der Waals surface area contributed by atoms with Gasteiger partial charge in [-0.05, 0) is 25.5 Å². The van der Waals surface area contributed by atoms with Gasteiger partial charge in [0.15, 0.2) is 0 Å². The number of nitrogens with zero attached hydrogens (tertiary/aromatic N) is 2. The highest BCUT2D eigenvalue weighted by atomic mass is 19.1. The Hall–Kier alpha value is -2.44. The summed E-state index contributed by atoms with van der Waals surface area (Å²) >= 11 is 0. The summed E-state index contributed by atoms with van der Waals surface area (Å²) in [6, 6.07) is 3.33. The fraction of sp³-hybridized carbons (Fsp3) is 0.286. The van der Waals surface area contributed by atoms with Crippen LogP contribution in [0.4, 0.5) is 20.2 Å². The van der Waals surface area contributed by atoms with Crippen LogP contribution < -0.4 is 11.1 Å². The molecule has 2 rings (SSSR count). The van der Waals surface area contributed by atoms with Crippen molar-refractivity contribution in [2.45, 2.75) is 26.8 Å². The molecule has 0 saturated heterocycles. The number of carbonyl (C=O) groups is 1. The van der Waals surface area contributed by atoms with Crippen LogP contribution in [0, 0.1) is 11.6 Å². The summed E-state index contributed by atoms with van der Waals surface area (Å²) in [7, 11) is 0. The smallest absolute Gasteiger partial charge is 0.274 e. The van der Waals surface area contributed by atoms with E-state index >= 15 is 0 Å². The van der Waals surface area contributed by atoms with E-state index in [1.165, 1.54) is 4.68 Å². The van der Waals surface area contributed by atoms with Gasteiger partial charge >= 0.3 is 0 Å². The number of hydrogen-bond donors (Lipinski definition) is 2. The number of halogens is 2. The third kappa shape index (κ3) is 3.01. The van der Waals surface area contributed by atoms with E-state index in [0.29, 0.717) is 24.7 Å². The topological polar surface area (TPSA) is 72.9 Å². The number of rotatable bonds is 4. The molecular formula is C14H16F2N4O. The summed E-state index contributed by atoms with van der Waals surface area (Å²) in [6.07, 6.45) is 0.686. The second-order valence-electron chi connectivity index (χ2n) is 4.50. The molecule has 0 radical (unpaired) electrons. The SMILES string of the molecule is CCc1cc(C(=O)Nc2cc(N)c(F)cc2F)n(CC)n1. The first-order chi connectivity index (χ1) is 9.96. The first kappa shape index (κ1) is 15.0. The highest BCUT2D eigenvalue weighted by Crippen LogP contribution is 2.21. The normalized spacial score (nSPS) is 10.7.